The van der Waals surface area contributed by atoms with Crippen molar-refractivity contribution in [2.24, 2.45) is 0 Å². The SMILES string of the molecule is Cc1ccc(OCC(=O)N(C)C2CCS(=O)(=O)C2)c(-n2nc3ccccc3n2)c1. The number of aromatic nitrogens is 3. The number of aryl methyl sites for hydroxylation is 1. The van der Waals surface area contributed by atoms with Crippen LogP contribution in [0.15, 0.2) is 42.5 Å². The fraction of sp³-hybridized carbons (Fsp3) is 0.350. The van der Waals surface area contributed by atoms with Crippen molar-refractivity contribution in [3.63, 3.8) is 0 Å². The molecule has 0 radical (unpaired) electrons. The molecular formula is C20H22N4O4S. The van der Waals surface area contributed by atoms with E-state index in [1.807, 2.05) is 43.3 Å². The molecule has 8 nitrogen and oxygen atoms in total. The number of sulfone groups is 1. The van der Waals surface area contributed by atoms with Gasteiger partial charge in [0.15, 0.2) is 16.4 Å². The Kier molecular flexibility index (Phi) is 4.99. The number of carbonyl (C=O) groups is 1. The Morgan fingerprint density at radius 1 is 1.21 bits per heavy atom. The topological polar surface area (TPSA) is 94.4 Å². The molecule has 1 unspecified atom stereocenters. The number of benzene rings is 2. The third-order valence-electron chi connectivity index (χ3n) is 5.12. The van der Waals surface area contributed by atoms with Gasteiger partial charge in [-0.1, -0.05) is 18.2 Å². The van der Waals surface area contributed by atoms with Gasteiger partial charge in [-0.05, 0) is 43.2 Å². The summed E-state index contributed by atoms with van der Waals surface area (Å²) in [6.45, 7) is 1.76. The monoisotopic (exact) mass is 414 g/mol. The van der Waals surface area contributed by atoms with Crippen molar-refractivity contribution in [3.05, 3.63) is 48.0 Å². The Morgan fingerprint density at radius 2 is 1.90 bits per heavy atom. The van der Waals surface area contributed by atoms with E-state index in [1.165, 1.54) is 9.70 Å². The van der Waals surface area contributed by atoms with Gasteiger partial charge >= 0.3 is 0 Å². The van der Waals surface area contributed by atoms with Crippen LogP contribution in [0.25, 0.3) is 16.7 Å². The standard InChI is InChI=1S/C20H22N4O4S/c1-14-7-8-19(18(11-14)24-21-16-5-3-4-6-17(16)22-24)28-12-20(25)23(2)15-9-10-29(26,27)13-15/h3-8,11,15H,9-10,12-13H2,1-2H3. The molecule has 0 bridgehead atoms. The normalized spacial score (nSPS) is 18.1. The summed E-state index contributed by atoms with van der Waals surface area (Å²) in [6, 6.07) is 12.8. The number of rotatable bonds is 5. The Labute approximate surface area is 169 Å². The minimum absolute atomic E-state index is 0.00875. The lowest BCUT2D eigenvalue weighted by Gasteiger charge is -2.23. The molecule has 9 heteroatoms. The van der Waals surface area contributed by atoms with Crippen molar-refractivity contribution >= 4 is 26.8 Å². The second-order valence-electron chi connectivity index (χ2n) is 7.30. The zero-order valence-electron chi connectivity index (χ0n) is 16.3. The number of hydrogen-bond acceptors (Lipinski definition) is 6. The van der Waals surface area contributed by atoms with E-state index in [1.54, 1.807) is 13.1 Å². The average molecular weight is 414 g/mol. The zero-order chi connectivity index (χ0) is 20.6. The quantitative estimate of drug-likeness (QED) is 0.631. The second-order valence-corrected chi connectivity index (χ2v) is 9.53. The van der Waals surface area contributed by atoms with Crippen molar-refractivity contribution < 1.29 is 17.9 Å². The third kappa shape index (κ3) is 4.09. The molecule has 4 rings (SSSR count). The highest BCUT2D eigenvalue weighted by atomic mass is 32.2. The number of carbonyl (C=O) groups excluding carboxylic acids is 1. The van der Waals surface area contributed by atoms with Gasteiger partial charge < -0.3 is 9.64 Å². The number of hydrogen-bond donors (Lipinski definition) is 0. The lowest BCUT2D eigenvalue weighted by molar-refractivity contribution is -0.133. The fourth-order valence-electron chi connectivity index (χ4n) is 3.40. The van der Waals surface area contributed by atoms with E-state index >= 15 is 0 Å². The lowest BCUT2D eigenvalue weighted by atomic mass is 10.2. The second kappa shape index (κ2) is 7.47. The molecule has 3 aromatic rings. The van der Waals surface area contributed by atoms with Gasteiger partial charge in [-0.15, -0.1) is 15.0 Å². The molecule has 1 atom stereocenters. The Morgan fingerprint density at radius 3 is 2.52 bits per heavy atom. The first-order valence-electron chi connectivity index (χ1n) is 9.34. The van der Waals surface area contributed by atoms with Crippen molar-refractivity contribution in [3.8, 4) is 11.4 Å². The molecule has 0 aliphatic carbocycles. The number of ether oxygens (including phenoxy) is 1. The minimum Gasteiger partial charge on any atom is -0.481 e. The van der Waals surface area contributed by atoms with Crippen molar-refractivity contribution in [1.29, 1.82) is 0 Å². The molecule has 1 amide bonds. The summed E-state index contributed by atoms with van der Waals surface area (Å²) in [5, 5.41) is 8.98. The maximum atomic E-state index is 12.5. The number of nitrogens with zero attached hydrogens (tertiary/aromatic N) is 4. The Hall–Kier alpha value is -2.94. The highest BCUT2D eigenvalue weighted by Crippen LogP contribution is 2.25. The van der Waals surface area contributed by atoms with Gasteiger partial charge in [0.05, 0.1) is 11.5 Å². The summed E-state index contributed by atoms with van der Waals surface area (Å²) in [7, 11) is -1.44. The molecule has 2 aromatic carbocycles. The van der Waals surface area contributed by atoms with Crippen molar-refractivity contribution in [2.75, 3.05) is 25.2 Å². The molecule has 2 heterocycles. The summed E-state index contributed by atoms with van der Waals surface area (Å²) in [6.07, 6.45) is 0.462. The van der Waals surface area contributed by atoms with Gasteiger partial charge in [0, 0.05) is 13.1 Å². The van der Waals surface area contributed by atoms with Gasteiger partial charge in [-0.25, -0.2) is 8.42 Å². The van der Waals surface area contributed by atoms with Crippen LogP contribution >= 0.6 is 0 Å². The van der Waals surface area contributed by atoms with E-state index in [9.17, 15) is 13.2 Å². The summed E-state index contributed by atoms with van der Waals surface area (Å²) in [4.78, 5) is 15.5. The summed E-state index contributed by atoms with van der Waals surface area (Å²) in [5.41, 5.74) is 3.17. The largest absolute Gasteiger partial charge is 0.481 e. The first kappa shape index (κ1) is 19.4. The van der Waals surface area contributed by atoms with E-state index in [2.05, 4.69) is 10.2 Å². The summed E-state index contributed by atoms with van der Waals surface area (Å²) >= 11 is 0. The molecular weight excluding hydrogens is 392 g/mol. The van der Waals surface area contributed by atoms with Gasteiger partial charge in [-0.2, -0.15) is 0 Å². The zero-order valence-corrected chi connectivity index (χ0v) is 17.1. The highest BCUT2D eigenvalue weighted by Gasteiger charge is 2.32. The highest BCUT2D eigenvalue weighted by molar-refractivity contribution is 7.91. The minimum atomic E-state index is -3.06. The molecule has 152 valence electrons. The number of amides is 1. The molecule has 1 saturated heterocycles. The van der Waals surface area contributed by atoms with Crippen LogP contribution in [0.3, 0.4) is 0 Å². The van der Waals surface area contributed by atoms with Crippen LogP contribution in [-0.4, -0.2) is 65.4 Å². The summed E-state index contributed by atoms with van der Waals surface area (Å²) < 4.78 is 29.1. The molecule has 0 spiro atoms. The summed E-state index contributed by atoms with van der Waals surface area (Å²) in [5.74, 6) is 0.347. The Bertz CT molecular complexity index is 1140. The lowest BCUT2D eigenvalue weighted by Crippen LogP contribution is -2.40. The van der Waals surface area contributed by atoms with Crippen LogP contribution in [0, 0.1) is 6.92 Å². The molecule has 0 saturated carbocycles. The fourth-order valence-corrected chi connectivity index (χ4v) is 5.17. The van der Waals surface area contributed by atoms with Gasteiger partial charge in [-0.3, -0.25) is 4.79 Å². The van der Waals surface area contributed by atoms with E-state index < -0.39 is 9.84 Å². The molecule has 0 N–H and O–H groups in total. The van der Waals surface area contributed by atoms with Gasteiger partial charge in [0.1, 0.15) is 22.5 Å². The first-order valence-corrected chi connectivity index (χ1v) is 11.2. The predicted molar refractivity (Wildman–Crippen MR) is 109 cm³/mol. The van der Waals surface area contributed by atoms with E-state index in [-0.39, 0.29) is 30.1 Å². The van der Waals surface area contributed by atoms with E-state index in [0.717, 1.165) is 16.6 Å². The molecule has 1 aliphatic heterocycles. The van der Waals surface area contributed by atoms with Crippen LogP contribution in [0.5, 0.6) is 5.75 Å². The maximum absolute atomic E-state index is 12.5. The third-order valence-corrected chi connectivity index (χ3v) is 6.87. The van der Waals surface area contributed by atoms with Crippen molar-refractivity contribution in [2.45, 2.75) is 19.4 Å². The van der Waals surface area contributed by atoms with Crippen molar-refractivity contribution in [1.82, 2.24) is 19.9 Å². The smallest absolute Gasteiger partial charge is 0.260 e. The van der Waals surface area contributed by atoms with Crippen LogP contribution in [-0.2, 0) is 14.6 Å². The predicted octanol–water partition coefficient (Wildman–Crippen LogP) is 1.75. The number of likely N-dealkylation sites (N-methyl/N-ethyl adjacent to an activating group) is 1. The van der Waals surface area contributed by atoms with Gasteiger partial charge in [0.25, 0.3) is 5.91 Å². The van der Waals surface area contributed by atoms with Crippen LogP contribution < -0.4 is 4.74 Å². The van der Waals surface area contributed by atoms with E-state index in [0.29, 0.717) is 17.9 Å². The van der Waals surface area contributed by atoms with Crippen LogP contribution in [0.2, 0.25) is 0 Å². The van der Waals surface area contributed by atoms with Crippen LogP contribution in [0.1, 0.15) is 12.0 Å². The molecule has 29 heavy (non-hydrogen) atoms. The Balaban J connectivity index is 1.53. The van der Waals surface area contributed by atoms with E-state index in [4.69, 9.17) is 4.74 Å². The van der Waals surface area contributed by atoms with Gasteiger partial charge in [0.2, 0.25) is 0 Å². The molecule has 1 aromatic heterocycles. The number of fused-ring (bicyclic) bond motifs is 1. The maximum Gasteiger partial charge on any atom is 0.260 e. The average Bonchev–Trinajstić information content (AvgIpc) is 3.29. The molecule has 1 fully saturated rings. The first-order chi connectivity index (χ1) is 13.8. The molecule has 1 aliphatic rings. The van der Waals surface area contributed by atoms with Crippen LogP contribution in [0.4, 0.5) is 0 Å².